The van der Waals surface area contributed by atoms with Gasteiger partial charge < -0.3 is 25.3 Å². The number of hydrogen-bond acceptors (Lipinski definition) is 7. The summed E-state index contributed by atoms with van der Waals surface area (Å²) in [4.78, 5) is 32.6. The summed E-state index contributed by atoms with van der Waals surface area (Å²) in [7, 11) is 3.28. The standard InChI is InChI=1S/C26H38N4O5/c1-25(2)14-22(31)30(24(27)29-25)20(10-11-33-4)17-12-18(17)23(32)28-19-13-26(3,15-34-5)35-21-9-7-6-8-16(19)21/h6-9,17-20H,10-15H2,1-5H3,(H2,27,29)(H,28,32). The Morgan fingerprint density at radius 3 is 2.71 bits per heavy atom. The molecule has 3 aliphatic rings. The highest BCUT2D eigenvalue weighted by Crippen LogP contribution is 2.47. The van der Waals surface area contributed by atoms with Crippen LogP contribution >= 0.6 is 0 Å². The second-order valence-electron chi connectivity index (χ2n) is 10.9. The number of fused-ring (bicyclic) bond motifs is 1. The van der Waals surface area contributed by atoms with Crippen LogP contribution in [0.3, 0.4) is 0 Å². The molecule has 0 radical (unpaired) electrons. The van der Waals surface area contributed by atoms with Crippen molar-refractivity contribution in [1.29, 1.82) is 0 Å². The first kappa shape index (κ1) is 25.4. The van der Waals surface area contributed by atoms with Gasteiger partial charge in [-0.25, -0.2) is 4.99 Å². The molecule has 0 spiro atoms. The summed E-state index contributed by atoms with van der Waals surface area (Å²) in [5.41, 5.74) is 6.16. The molecule has 0 saturated heterocycles. The van der Waals surface area contributed by atoms with Gasteiger partial charge in [-0.05, 0) is 45.6 Å². The Balaban J connectivity index is 1.50. The zero-order valence-electron chi connectivity index (χ0n) is 21.4. The third kappa shape index (κ3) is 5.46. The number of para-hydroxylation sites is 1. The molecule has 9 heteroatoms. The molecule has 3 N–H and O–H groups in total. The van der Waals surface area contributed by atoms with Gasteiger partial charge in [0.25, 0.3) is 0 Å². The molecule has 1 aromatic carbocycles. The number of nitrogens with zero attached hydrogens (tertiary/aromatic N) is 2. The van der Waals surface area contributed by atoms with Crippen LogP contribution < -0.4 is 15.8 Å². The number of amides is 2. The molecule has 9 nitrogen and oxygen atoms in total. The van der Waals surface area contributed by atoms with Gasteiger partial charge >= 0.3 is 0 Å². The van der Waals surface area contributed by atoms with E-state index in [2.05, 4.69) is 10.3 Å². The Labute approximate surface area is 207 Å². The molecule has 0 aromatic heterocycles. The van der Waals surface area contributed by atoms with E-state index in [0.29, 0.717) is 32.5 Å². The Morgan fingerprint density at radius 1 is 1.29 bits per heavy atom. The zero-order valence-corrected chi connectivity index (χ0v) is 21.4. The van der Waals surface area contributed by atoms with Gasteiger partial charge in [-0.2, -0.15) is 0 Å². The van der Waals surface area contributed by atoms with Gasteiger partial charge in [-0.3, -0.25) is 14.5 Å². The molecule has 5 atom stereocenters. The van der Waals surface area contributed by atoms with Crippen LogP contribution in [0.15, 0.2) is 29.3 Å². The van der Waals surface area contributed by atoms with Crippen molar-refractivity contribution in [1.82, 2.24) is 10.2 Å². The van der Waals surface area contributed by atoms with Crippen molar-refractivity contribution in [3.8, 4) is 5.75 Å². The summed E-state index contributed by atoms with van der Waals surface area (Å²) in [5.74, 6) is 0.731. The van der Waals surface area contributed by atoms with Gasteiger partial charge in [0, 0.05) is 44.8 Å². The molecule has 5 unspecified atom stereocenters. The minimum atomic E-state index is -0.539. The summed E-state index contributed by atoms with van der Waals surface area (Å²) in [6, 6.07) is 7.38. The highest BCUT2D eigenvalue weighted by atomic mass is 16.5. The summed E-state index contributed by atoms with van der Waals surface area (Å²) in [6.07, 6.45) is 2.19. The van der Waals surface area contributed by atoms with Crippen LogP contribution in [-0.4, -0.2) is 67.3 Å². The van der Waals surface area contributed by atoms with E-state index < -0.39 is 11.1 Å². The van der Waals surface area contributed by atoms with Crippen molar-refractivity contribution in [2.75, 3.05) is 27.4 Å². The van der Waals surface area contributed by atoms with E-state index in [1.54, 1.807) is 19.1 Å². The van der Waals surface area contributed by atoms with Crippen molar-refractivity contribution in [3.63, 3.8) is 0 Å². The molecule has 1 aliphatic carbocycles. The topological polar surface area (TPSA) is 115 Å². The van der Waals surface area contributed by atoms with Gasteiger partial charge in [0.2, 0.25) is 11.8 Å². The van der Waals surface area contributed by atoms with E-state index in [9.17, 15) is 9.59 Å². The molecule has 35 heavy (non-hydrogen) atoms. The van der Waals surface area contributed by atoms with E-state index in [-0.39, 0.29) is 48.1 Å². The van der Waals surface area contributed by atoms with Crippen molar-refractivity contribution in [3.05, 3.63) is 29.8 Å². The predicted molar refractivity (Wildman–Crippen MR) is 132 cm³/mol. The van der Waals surface area contributed by atoms with Crippen LogP contribution in [0.2, 0.25) is 0 Å². The Hall–Kier alpha value is -2.65. The smallest absolute Gasteiger partial charge is 0.231 e. The maximum absolute atomic E-state index is 13.4. The number of nitrogens with one attached hydrogen (secondary N) is 1. The highest BCUT2D eigenvalue weighted by molar-refractivity contribution is 5.99. The molecule has 2 heterocycles. The minimum Gasteiger partial charge on any atom is -0.485 e. The Kier molecular flexibility index (Phi) is 7.11. The first-order valence-corrected chi connectivity index (χ1v) is 12.3. The largest absolute Gasteiger partial charge is 0.485 e. The lowest BCUT2D eigenvalue weighted by molar-refractivity contribution is -0.132. The van der Waals surface area contributed by atoms with Crippen LogP contribution in [0.4, 0.5) is 0 Å². The maximum atomic E-state index is 13.4. The molecule has 2 amide bonds. The van der Waals surface area contributed by atoms with Crippen LogP contribution in [0.25, 0.3) is 0 Å². The number of hydrogen-bond donors (Lipinski definition) is 2. The minimum absolute atomic E-state index is 0.00417. The first-order valence-electron chi connectivity index (χ1n) is 12.3. The van der Waals surface area contributed by atoms with Crippen molar-refractivity contribution in [2.45, 2.75) is 69.7 Å². The van der Waals surface area contributed by atoms with E-state index >= 15 is 0 Å². The van der Waals surface area contributed by atoms with Crippen molar-refractivity contribution in [2.24, 2.45) is 22.6 Å². The molecule has 1 fully saturated rings. The third-order valence-corrected chi connectivity index (χ3v) is 7.19. The summed E-state index contributed by atoms with van der Waals surface area (Å²) < 4.78 is 16.9. The number of carbonyl (C=O) groups is 2. The molecule has 0 bridgehead atoms. The molecular weight excluding hydrogens is 448 g/mol. The quantitative estimate of drug-likeness (QED) is 0.554. The van der Waals surface area contributed by atoms with Gasteiger partial charge in [0.05, 0.1) is 24.6 Å². The number of methoxy groups -OCH3 is 2. The maximum Gasteiger partial charge on any atom is 0.231 e. The number of benzene rings is 1. The van der Waals surface area contributed by atoms with E-state index in [0.717, 1.165) is 11.3 Å². The summed E-state index contributed by atoms with van der Waals surface area (Å²) in [6.45, 7) is 6.69. The van der Waals surface area contributed by atoms with Gasteiger partial charge in [-0.15, -0.1) is 0 Å². The van der Waals surface area contributed by atoms with E-state index in [4.69, 9.17) is 19.9 Å². The van der Waals surface area contributed by atoms with Gasteiger partial charge in [-0.1, -0.05) is 18.2 Å². The Bertz CT molecular complexity index is 996. The van der Waals surface area contributed by atoms with Crippen molar-refractivity contribution < 1.29 is 23.8 Å². The average molecular weight is 487 g/mol. The van der Waals surface area contributed by atoms with Crippen LogP contribution in [0.1, 0.15) is 58.1 Å². The Morgan fingerprint density at radius 2 is 2.03 bits per heavy atom. The van der Waals surface area contributed by atoms with Crippen LogP contribution in [0, 0.1) is 11.8 Å². The molecular formula is C26H38N4O5. The number of ether oxygens (including phenoxy) is 3. The fourth-order valence-corrected chi connectivity index (χ4v) is 5.57. The third-order valence-electron chi connectivity index (χ3n) is 7.19. The average Bonchev–Trinajstić information content (AvgIpc) is 3.55. The van der Waals surface area contributed by atoms with Crippen LogP contribution in [-0.2, 0) is 19.1 Å². The molecule has 2 aliphatic heterocycles. The highest BCUT2D eigenvalue weighted by Gasteiger charge is 2.52. The van der Waals surface area contributed by atoms with Crippen LogP contribution in [0.5, 0.6) is 5.75 Å². The molecule has 1 aromatic rings. The second-order valence-corrected chi connectivity index (χ2v) is 10.9. The molecule has 192 valence electrons. The van der Waals surface area contributed by atoms with Gasteiger partial charge in [0.1, 0.15) is 11.4 Å². The SMILES string of the molecule is COCCC(C1CC1C(=O)NC1CC(C)(COC)Oc2ccccc21)N1C(=O)CC(C)(C)N=C1N. The molecule has 4 rings (SSSR count). The molecule has 1 saturated carbocycles. The van der Waals surface area contributed by atoms with E-state index in [1.165, 1.54) is 0 Å². The number of aliphatic imine (C=N–C) groups is 1. The number of carbonyl (C=O) groups excluding carboxylic acids is 2. The number of rotatable bonds is 9. The fourth-order valence-electron chi connectivity index (χ4n) is 5.57. The zero-order chi connectivity index (χ0) is 25.4. The predicted octanol–water partition coefficient (Wildman–Crippen LogP) is 2.40. The monoisotopic (exact) mass is 486 g/mol. The van der Waals surface area contributed by atoms with E-state index in [1.807, 2.05) is 45.0 Å². The lowest BCUT2D eigenvalue weighted by atomic mass is 9.88. The van der Waals surface area contributed by atoms with Crippen molar-refractivity contribution >= 4 is 17.8 Å². The first-order chi connectivity index (χ1) is 16.6. The number of guanidine groups is 1. The second kappa shape index (κ2) is 9.78. The fraction of sp³-hybridized carbons (Fsp3) is 0.654. The van der Waals surface area contributed by atoms with Gasteiger partial charge in [0.15, 0.2) is 5.96 Å². The lowest BCUT2D eigenvalue weighted by Gasteiger charge is -2.40. The number of nitrogens with two attached hydrogens (primary N) is 1. The lowest BCUT2D eigenvalue weighted by Crippen LogP contribution is -2.55. The summed E-state index contributed by atoms with van der Waals surface area (Å²) in [5, 5.41) is 3.26. The summed E-state index contributed by atoms with van der Waals surface area (Å²) >= 11 is 0. The normalized spacial score (nSPS) is 30.1.